The molecule has 5 rings (SSSR count). The summed E-state index contributed by atoms with van der Waals surface area (Å²) in [6.07, 6.45) is -3.59. The van der Waals surface area contributed by atoms with Crippen LogP contribution in [-0.4, -0.2) is 59.7 Å². The predicted octanol–water partition coefficient (Wildman–Crippen LogP) is 1.29. The van der Waals surface area contributed by atoms with Gasteiger partial charge in [0.2, 0.25) is 5.56 Å². The number of hydrogen-bond acceptors (Lipinski definition) is 7. The van der Waals surface area contributed by atoms with E-state index in [-0.39, 0.29) is 35.9 Å². The molecule has 1 fully saturated rings. The van der Waals surface area contributed by atoms with Crippen LogP contribution >= 0.6 is 0 Å². The third-order valence-electron chi connectivity index (χ3n) is 6.10. The van der Waals surface area contributed by atoms with E-state index < -0.39 is 36.2 Å². The molecular weight excluding hydrogens is 492 g/mol. The number of carbonyl (C=O) groups excluding carboxylic acids is 2. The van der Waals surface area contributed by atoms with Crippen LogP contribution in [0.4, 0.5) is 20.2 Å². The van der Waals surface area contributed by atoms with E-state index in [1.54, 1.807) is 18.2 Å². The van der Waals surface area contributed by atoms with Crippen molar-refractivity contribution in [3.8, 4) is 5.75 Å². The minimum absolute atomic E-state index is 0.0795. The van der Waals surface area contributed by atoms with Gasteiger partial charge in [0.05, 0.1) is 12.1 Å². The van der Waals surface area contributed by atoms with Gasteiger partial charge in [0, 0.05) is 35.8 Å². The molecule has 2 aromatic carbocycles. The van der Waals surface area contributed by atoms with Crippen molar-refractivity contribution >= 4 is 39.9 Å². The lowest BCUT2D eigenvalue weighted by molar-refractivity contribution is -0.150. The highest BCUT2D eigenvalue weighted by Crippen LogP contribution is 2.37. The Balaban J connectivity index is 1.42. The fourth-order valence-corrected chi connectivity index (χ4v) is 4.40. The number of aliphatic hydroxyl groups is 1. The zero-order valence-corrected chi connectivity index (χ0v) is 19.1. The molecule has 0 bridgehead atoms. The van der Waals surface area contributed by atoms with Crippen LogP contribution in [0.25, 0.3) is 10.9 Å². The fraction of sp³-hybridized carbons (Fsp3) is 0.250. The molecule has 1 saturated heterocycles. The summed E-state index contributed by atoms with van der Waals surface area (Å²) >= 11 is 0. The Morgan fingerprint density at radius 2 is 2.00 bits per heavy atom. The lowest BCUT2D eigenvalue weighted by Crippen LogP contribution is -2.55. The molecule has 0 spiro atoms. The Labute approximate surface area is 207 Å². The number of aromatic nitrogens is 1. The first-order valence-corrected chi connectivity index (χ1v) is 11.2. The van der Waals surface area contributed by atoms with E-state index in [9.17, 15) is 28.3 Å². The SMILES string of the molecule is N=C1NCc2cc(NC(=O)[C@H](O)[C@H]3OCCN(c4c(OC(F)F)ccc5ccc(=O)[nH]c45)C3=O)ccc21. The van der Waals surface area contributed by atoms with Crippen molar-refractivity contribution in [2.45, 2.75) is 25.4 Å². The molecule has 3 heterocycles. The number of rotatable bonds is 6. The number of ether oxygens (including phenoxy) is 2. The van der Waals surface area contributed by atoms with Crippen LogP contribution in [0.5, 0.6) is 5.75 Å². The molecule has 1 aromatic heterocycles. The highest BCUT2D eigenvalue weighted by Gasteiger charge is 2.41. The number of nitrogens with one attached hydrogen (secondary N) is 4. The molecule has 2 atom stereocenters. The number of pyridine rings is 1. The number of amidine groups is 1. The molecule has 3 aromatic rings. The number of aromatic amines is 1. The van der Waals surface area contributed by atoms with Gasteiger partial charge in [0.15, 0.2) is 18.0 Å². The van der Waals surface area contributed by atoms with E-state index in [1.165, 1.54) is 24.3 Å². The van der Waals surface area contributed by atoms with E-state index in [0.717, 1.165) is 10.5 Å². The Morgan fingerprint density at radius 1 is 1.22 bits per heavy atom. The van der Waals surface area contributed by atoms with E-state index in [2.05, 4.69) is 20.4 Å². The van der Waals surface area contributed by atoms with Gasteiger partial charge in [0.1, 0.15) is 11.5 Å². The summed E-state index contributed by atoms with van der Waals surface area (Å²) in [6.45, 7) is -3.03. The number of fused-ring (bicyclic) bond motifs is 2. The number of carbonyl (C=O) groups is 2. The first-order valence-electron chi connectivity index (χ1n) is 11.2. The highest BCUT2D eigenvalue weighted by molar-refractivity contribution is 6.09. The molecule has 2 aliphatic heterocycles. The van der Waals surface area contributed by atoms with Gasteiger partial charge in [-0.2, -0.15) is 8.78 Å². The van der Waals surface area contributed by atoms with Crippen molar-refractivity contribution in [2.24, 2.45) is 0 Å². The Kier molecular flexibility index (Phi) is 6.31. The van der Waals surface area contributed by atoms with E-state index in [0.29, 0.717) is 23.2 Å². The van der Waals surface area contributed by atoms with Gasteiger partial charge >= 0.3 is 6.61 Å². The number of anilines is 2. The topological polar surface area (TPSA) is 157 Å². The van der Waals surface area contributed by atoms with E-state index in [1.807, 2.05) is 0 Å². The van der Waals surface area contributed by atoms with Crippen LogP contribution in [0.3, 0.4) is 0 Å². The average Bonchev–Trinajstić information content (AvgIpc) is 3.23. The van der Waals surface area contributed by atoms with E-state index >= 15 is 0 Å². The zero-order chi connectivity index (χ0) is 26.3. The normalized spacial score (nSPS) is 18.1. The van der Waals surface area contributed by atoms with Crippen LogP contribution in [0.2, 0.25) is 0 Å². The first-order chi connectivity index (χ1) is 17.7. The number of nitrogens with zero attached hydrogens (tertiary/aromatic N) is 1. The summed E-state index contributed by atoms with van der Waals surface area (Å²) < 4.78 is 36.3. The number of aliphatic hydroxyl groups excluding tert-OH is 1. The number of alkyl halides is 2. The van der Waals surface area contributed by atoms with Gasteiger partial charge in [-0.3, -0.25) is 19.8 Å². The summed E-state index contributed by atoms with van der Waals surface area (Å²) in [4.78, 5) is 41.7. The summed E-state index contributed by atoms with van der Waals surface area (Å²) in [5.74, 6) is -1.90. The number of benzene rings is 2. The van der Waals surface area contributed by atoms with Crippen molar-refractivity contribution in [2.75, 3.05) is 23.4 Å². The van der Waals surface area contributed by atoms with Crippen molar-refractivity contribution < 1.29 is 33.0 Å². The third kappa shape index (κ3) is 4.61. The summed E-state index contributed by atoms with van der Waals surface area (Å²) in [7, 11) is 0. The van der Waals surface area contributed by atoms with Gasteiger partial charge in [-0.1, -0.05) is 0 Å². The minimum atomic E-state index is -3.21. The minimum Gasteiger partial charge on any atom is -0.433 e. The zero-order valence-electron chi connectivity index (χ0n) is 19.1. The second-order valence-electron chi connectivity index (χ2n) is 8.39. The van der Waals surface area contributed by atoms with Gasteiger partial charge in [-0.05, 0) is 42.0 Å². The largest absolute Gasteiger partial charge is 0.433 e. The standard InChI is InChI=1S/C24H21F2N5O6/c25-24(26)37-15-5-1-11-2-6-16(32)30-17(11)18(15)31-7-8-36-20(23(31)35)19(33)22(34)29-13-3-4-14-12(9-13)10-28-21(14)27/h1-6,9,19-20,24,33H,7-8,10H2,(H2,27,28)(H,29,34)(H,30,32)/t19-,20-/m1/s1. The molecule has 37 heavy (non-hydrogen) atoms. The first kappa shape index (κ1) is 24.3. The maximum Gasteiger partial charge on any atom is 0.387 e. The second kappa shape index (κ2) is 9.59. The molecule has 0 aliphatic carbocycles. The van der Waals surface area contributed by atoms with E-state index in [4.69, 9.17) is 10.1 Å². The number of H-pyrrole nitrogens is 1. The second-order valence-corrected chi connectivity index (χ2v) is 8.39. The molecule has 0 saturated carbocycles. The molecular formula is C24H21F2N5O6. The van der Waals surface area contributed by atoms with Crippen LogP contribution < -0.4 is 25.8 Å². The predicted molar refractivity (Wildman–Crippen MR) is 128 cm³/mol. The lowest BCUT2D eigenvalue weighted by Gasteiger charge is -2.35. The fourth-order valence-electron chi connectivity index (χ4n) is 4.40. The van der Waals surface area contributed by atoms with Crippen LogP contribution in [0.1, 0.15) is 11.1 Å². The average molecular weight is 513 g/mol. The number of hydrogen-bond donors (Lipinski definition) is 5. The van der Waals surface area contributed by atoms with Gasteiger partial charge in [0.25, 0.3) is 11.8 Å². The molecule has 0 radical (unpaired) electrons. The monoisotopic (exact) mass is 513 g/mol. The summed E-state index contributed by atoms with van der Waals surface area (Å²) in [6, 6.07) is 10.2. The molecule has 5 N–H and O–H groups in total. The van der Waals surface area contributed by atoms with Crippen molar-refractivity contribution in [3.05, 3.63) is 63.9 Å². The summed E-state index contributed by atoms with van der Waals surface area (Å²) in [5.41, 5.74) is 1.24. The molecule has 0 unspecified atom stereocenters. The quantitative estimate of drug-likeness (QED) is 0.332. The Hall–Kier alpha value is -4.36. The number of morpholine rings is 1. The third-order valence-corrected chi connectivity index (χ3v) is 6.10. The van der Waals surface area contributed by atoms with Crippen molar-refractivity contribution in [1.82, 2.24) is 10.3 Å². The highest BCUT2D eigenvalue weighted by atomic mass is 19.3. The van der Waals surface area contributed by atoms with Gasteiger partial charge < -0.3 is 35.1 Å². The Bertz CT molecular complexity index is 1480. The van der Waals surface area contributed by atoms with Crippen molar-refractivity contribution in [1.29, 1.82) is 5.41 Å². The van der Waals surface area contributed by atoms with Crippen LogP contribution in [0.15, 0.2) is 47.3 Å². The van der Waals surface area contributed by atoms with Crippen LogP contribution in [-0.2, 0) is 20.9 Å². The Morgan fingerprint density at radius 3 is 2.78 bits per heavy atom. The molecule has 2 amide bonds. The lowest BCUT2D eigenvalue weighted by atomic mass is 10.1. The number of amides is 2. The number of halogens is 2. The molecule has 2 aliphatic rings. The molecule has 11 nitrogen and oxygen atoms in total. The molecule has 13 heteroatoms. The van der Waals surface area contributed by atoms with Gasteiger partial charge in [-0.25, -0.2) is 0 Å². The maximum atomic E-state index is 13.4. The van der Waals surface area contributed by atoms with Crippen molar-refractivity contribution in [3.63, 3.8) is 0 Å². The smallest absolute Gasteiger partial charge is 0.387 e. The van der Waals surface area contributed by atoms with Gasteiger partial charge in [-0.15, -0.1) is 0 Å². The molecule has 192 valence electrons. The van der Waals surface area contributed by atoms with Crippen LogP contribution in [0, 0.1) is 5.41 Å². The summed E-state index contributed by atoms with van der Waals surface area (Å²) in [5, 5.41) is 24.4. The maximum absolute atomic E-state index is 13.4.